The third-order valence-corrected chi connectivity index (χ3v) is 2.31. The van der Waals surface area contributed by atoms with Gasteiger partial charge in [0.15, 0.2) is 5.82 Å². The molecule has 0 aliphatic rings. The van der Waals surface area contributed by atoms with Crippen molar-refractivity contribution in [2.45, 2.75) is 19.9 Å². The Labute approximate surface area is 112 Å². The van der Waals surface area contributed by atoms with Crippen molar-refractivity contribution in [1.82, 2.24) is 25.2 Å². The number of hydrogen-bond acceptors (Lipinski definition) is 5. The van der Waals surface area contributed by atoms with E-state index < -0.39 is 0 Å². The Kier molecular flexibility index (Phi) is 5.94. The molecule has 2 N–H and O–H groups in total. The van der Waals surface area contributed by atoms with Crippen molar-refractivity contribution < 1.29 is 9.59 Å². The maximum atomic E-state index is 11.6. The summed E-state index contributed by atoms with van der Waals surface area (Å²) in [6.45, 7) is 3.20. The van der Waals surface area contributed by atoms with Crippen molar-refractivity contribution in [2.24, 2.45) is 0 Å². The van der Waals surface area contributed by atoms with Crippen LogP contribution < -0.4 is 10.6 Å². The molecule has 0 aliphatic carbocycles. The Morgan fingerprint density at radius 3 is 2.74 bits per heavy atom. The molecule has 0 saturated heterocycles. The first-order valence-electron chi connectivity index (χ1n) is 6.12. The van der Waals surface area contributed by atoms with E-state index in [1.54, 1.807) is 6.92 Å². The highest BCUT2D eigenvalue weighted by molar-refractivity contribution is 5.89. The van der Waals surface area contributed by atoms with Crippen molar-refractivity contribution in [3.8, 4) is 0 Å². The number of amides is 2. The van der Waals surface area contributed by atoms with Gasteiger partial charge in [0.25, 0.3) is 0 Å². The van der Waals surface area contributed by atoms with Gasteiger partial charge in [-0.1, -0.05) is 12.1 Å². The van der Waals surface area contributed by atoms with Crippen LogP contribution in [0.15, 0.2) is 6.20 Å². The largest absolute Gasteiger partial charge is 0.353 e. The molecule has 1 rings (SSSR count). The molecule has 106 valence electrons. The van der Waals surface area contributed by atoms with Crippen LogP contribution in [0.5, 0.6) is 0 Å². The highest BCUT2D eigenvalue weighted by atomic mass is 16.2. The van der Waals surface area contributed by atoms with E-state index >= 15 is 0 Å². The first kappa shape index (κ1) is 15.1. The highest BCUT2D eigenvalue weighted by Crippen LogP contribution is 2.00. The van der Waals surface area contributed by atoms with E-state index in [4.69, 9.17) is 0 Å². The molecule has 19 heavy (non-hydrogen) atoms. The minimum atomic E-state index is -0.139. The molecule has 1 aromatic rings. The summed E-state index contributed by atoms with van der Waals surface area (Å²) in [7, 11) is 3.87. The van der Waals surface area contributed by atoms with E-state index in [-0.39, 0.29) is 18.4 Å². The summed E-state index contributed by atoms with van der Waals surface area (Å²) in [5, 5.41) is 12.9. The average Bonchev–Trinajstić information content (AvgIpc) is 2.75. The molecule has 0 aromatic carbocycles. The molecule has 8 heteroatoms. The molecular formula is C11H20N6O2. The van der Waals surface area contributed by atoms with Crippen LogP contribution in [0.4, 0.5) is 5.82 Å². The third-order valence-electron chi connectivity index (χ3n) is 2.31. The molecule has 0 fully saturated rings. The second-order valence-electron chi connectivity index (χ2n) is 4.36. The Bertz CT molecular complexity index is 429. The third kappa shape index (κ3) is 5.96. The quantitative estimate of drug-likeness (QED) is 0.682. The Balaban J connectivity index is 2.36. The molecule has 8 nitrogen and oxygen atoms in total. The zero-order valence-corrected chi connectivity index (χ0v) is 11.5. The number of rotatable bonds is 7. The van der Waals surface area contributed by atoms with Gasteiger partial charge in [0.05, 0.1) is 6.20 Å². The number of nitrogens with one attached hydrogen (secondary N) is 2. The lowest BCUT2D eigenvalue weighted by Gasteiger charge is -2.10. The summed E-state index contributed by atoms with van der Waals surface area (Å²) in [4.78, 5) is 24.7. The van der Waals surface area contributed by atoms with Crippen LogP contribution >= 0.6 is 0 Å². The van der Waals surface area contributed by atoms with Gasteiger partial charge in [-0.25, -0.2) is 4.68 Å². The van der Waals surface area contributed by atoms with Crippen LogP contribution in [0.1, 0.15) is 13.3 Å². The van der Waals surface area contributed by atoms with Gasteiger partial charge >= 0.3 is 0 Å². The smallest absolute Gasteiger partial charge is 0.241 e. The van der Waals surface area contributed by atoms with Crippen molar-refractivity contribution in [3.05, 3.63) is 6.20 Å². The van der Waals surface area contributed by atoms with Crippen LogP contribution in [0.25, 0.3) is 0 Å². The second-order valence-corrected chi connectivity index (χ2v) is 4.36. The van der Waals surface area contributed by atoms with Gasteiger partial charge in [0, 0.05) is 19.5 Å². The number of nitrogens with zero attached hydrogens (tertiary/aromatic N) is 4. The van der Waals surface area contributed by atoms with E-state index in [1.165, 1.54) is 10.9 Å². The monoisotopic (exact) mass is 268 g/mol. The van der Waals surface area contributed by atoms with Crippen LogP contribution in [-0.4, -0.2) is 58.9 Å². The lowest BCUT2D eigenvalue weighted by molar-refractivity contribution is -0.122. The first-order valence-corrected chi connectivity index (χ1v) is 6.12. The standard InChI is InChI=1S/C11H20N6O2/c1-4-10(18)13-9-7-17(15-14-9)8-11(19)12-5-6-16(2)3/h7H,4-6,8H2,1-3H3,(H,12,19)(H,13,18). The summed E-state index contributed by atoms with van der Waals surface area (Å²) in [6, 6.07) is 0. The van der Waals surface area contributed by atoms with Crippen molar-refractivity contribution in [1.29, 1.82) is 0 Å². The molecule has 0 spiro atoms. The first-order chi connectivity index (χ1) is 9.01. The number of carbonyl (C=O) groups excluding carboxylic acids is 2. The van der Waals surface area contributed by atoms with Crippen molar-refractivity contribution in [2.75, 3.05) is 32.5 Å². The van der Waals surface area contributed by atoms with Crippen molar-refractivity contribution in [3.63, 3.8) is 0 Å². The molecule has 1 aromatic heterocycles. The molecule has 2 amide bonds. The summed E-state index contributed by atoms with van der Waals surface area (Å²) in [6.07, 6.45) is 1.90. The predicted molar refractivity (Wildman–Crippen MR) is 70.5 cm³/mol. The minimum absolute atomic E-state index is 0.0857. The minimum Gasteiger partial charge on any atom is -0.353 e. The maximum Gasteiger partial charge on any atom is 0.241 e. The molecule has 0 radical (unpaired) electrons. The maximum absolute atomic E-state index is 11.6. The summed E-state index contributed by atoms with van der Waals surface area (Å²) >= 11 is 0. The molecule has 1 heterocycles. The van der Waals surface area contributed by atoms with Gasteiger partial charge in [0.1, 0.15) is 6.54 Å². The molecule has 0 aliphatic heterocycles. The molecule has 0 saturated carbocycles. The lowest BCUT2D eigenvalue weighted by Crippen LogP contribution is -2.33. The van der Waals surface area contributed by atoms with Crippen LogP contribution in [0, 0.1) is 0 Å². The zero-order chi connectivity index (χ0) is 14.3. The van der Waals surface area contributed by atoms with E-state index in [0.29, 0.717) is 18.8 Å². The van der Waals surface area contributed by atoms with Gasteiger partial charge in [-0.05, 0) is 14.1 Å². The molecule has 0 atom stereocenters. The molecule has 0 bridgehead atoms. The van der Waals surface area contributed by atoms with Crippen LogP contribution in [0.3, 0.4) is 0 Å². The van der Waals surface area contributed by atoms with Gasteiger partial charge in [-0.2, -0.15) is 0 Å². The number of aromatic nitrogens is 3. The average molecular weight is 268 g/mol. The number of hydrogen-bond donors (Lipinski definition) is 2. The molecular weight excluding hydrogens is 248 g/mol. The van der Waals surface area contributed by atoms with E-state index in [0.717, 1.165) is 6.54 Å². The lowest BCUT2D eigenvalue weighted by atomic mass is 10.4. The molecule has 0 unspecified atom stereocenters. The van der Waals surface area contributed by atoms with E-state index in [9.17, 15) is 9.59 Å². The van der Waals surface area contributed by atoms with Gasteiger partial charge < -0.3 is 15.5 Å². The Morgan fingerprint density at radius 1 is 1.37 bits per heavy atom. The number of likely N-dealkylation sites (N-methyl/N-ethyl adjacent to an activating group) is 1. The Morgan fingerprint density at radius 2 is 2.11 bits per heavy atom. The van der Waals surface area contributed by atoms with Crippen LogP contribution in [0.2, 0.25) is 0 Å². The van der Waals surface area contributed by atoms with Crippen LogP contribution in [-0.2, 0) is 16.1 Å². The highest BCUT2D eigenvalue weighted by Gasteiger charge is 2.07. The number of anilines is 1. The van der Waals surface area contributed by atoms with Gasteiger partial charge in [0.2, 0.25) is 11.8 Å². The summed E-state index contributed by atoms with van der Waals surface area (Å²) in [5.41, 5.74) is 0. The zero-order valence-electron chi connectivity index (χ0n) is 11.5. The van der Waals surface area contributed by atoms with Gasteiger partial charge in [-0.3, -0.25) is 9.59 Å². The fourth-order valence-electron chi connectivity index (χ4n) is 1.29. The predicted octanol–water partition coefficient (Wildman–Crippen LogP) is -0.696. The fraction of sp³-hybridized carbons (Fsp3) is 0.636. The van der Waals surface area contributed by atoms with Gasteiger partial charge in [-0.15, -0.1) is 5.10 Å². The Hall–Kier alpha value is -1.96. The normalized spacial score (nSPS) is 10.5. The topological polar surface area (TPSA) is 92.2 Å². The fourth-order valence-corrected chi connectivity index (χ4v) is 1.29. The summed E-state index contributed by atoms with van der Waals surface area (Å²) in [5.74, 6) is 0.0792. The van der Waals surface area contributed by atoms with E-state index in [1.807, 2.05) is 19.0 Å². The van der Waals surface area contributed by atoms with Crippen molar-refractivity contribution >= 4 is 17.6 Å². The van der Waals surface area contributed by atoms with E-state index in [2.05, 4.69) is 20.9 Å². The number of carbonyl (C=O) groups is 2. The SMILES string of the molecule is CCC(=O)Nc1cn(CC(=O)NCCN(C)C)nn1. The summed E-state index contributed by atoms with van der Waals surface area (Å²) < 4.78 is 1.39. The second kappa shape index (κ2) is 7.47.